The molecular formula is C20H23BrN2O4S. The van der Waals surface area contributed by atoms with Gasteiger partial charge in [-0.15, -0.1) is 0 Å². The van der Waals surface area contributed by atoms with Crippen molar-refractivity contribution in [3.8, 4) is 5.75 Å². The quantitative estimate of drug-likeness (QED) is 0.653. The maximum Gasteiger partial charge on any atom is 0.265 e. The highest BCUT2D eigenvalue weighted by Crippen LogP contribution is 2.38. The Morgan fingerprint density at radius 1 is 1.21 bits per heavy atom. The number of aryl methyl sites for hydroxylation is 1. The van der Waals surface area contributed by atoms with Gasteiger partial charge in [0, 0.05) is 16.2 Å². The van der Waals surface area contributed by atoms with Gasteiger partial charge in [0.15, 0.2) is 6.10 Å². The van der Waals surface area contributed by atoms with Gasteiger partial charge >= 0.3 is 0 Å². The number of anilines is 2. The van der Waals surface area contributed by atoms with E-state index in [2.05, 4.69) is 26.0 Å². The lowest BCUT2D eigenvalue weighted by Crippen LogP contribution is -2.38. The topological polar surface area (TPSA) is 84.5 Å². The van der Waals surface area contributed by atoms with Crippen LogP contribution in [0.3, 0.4) is 0 Å². The molecule has 28 heavy (non-hydrogen) atoms. The standard InChI is InChI=1S/C20H23BrN2O4S/c1-4-13-5-7-14(8-6-13)23-28(25,26)19-11-17-16(10-15(19)21)22-20(24)18(27-17)9-12(2)3/h5-8,10-12,18,23H,4,9H2,1-3H3,(H,22,24). The number of hydrogen-bond acceptors (Lipinski definition) is 4. The van der Waals surface area contributed by atoms with Crippen LogP contribution in [0.15, 0.2) is 45.8 Å². The number of carbonyl (C=O) groups is 1. The number of nitrogens with one attached hydrogen (secondary N) is 2. The van der Waals surface area contributed by atoms with Crippen molar-refractivity contribution in [1.82, 2.24) is 0 Å². The first kappa shape index (κ1) is 20.7. The third-order valence-electron chi connectivity index (χ3n) is 4.44. The van der Waals surface area contributed by atoms with Crippen LogP contribution in [0.5, 0.6) is 5.75 Å². The van der Waals surface area contributed by atoms with Crippen molar-refractivity contribution < 1.29 is 17.9 Å². The van der Waals surface area contributed by atoms with Gasteiger partial charge in [0.25, 0.3) is 15.9 Å². The van der Waals surface area contributed by atoms with E-state index in [1.165, 1.54) is 6.07 Å². The number of fused-ring (bicyclic) bond motifs is 1. The molecule has 0 fully saturated rings. The average molecular weight is 467 g/mol. The number of hydrogen-bond donors (Lipinski definition) is 2. The molecule has 0 aliphatic carbocycles. The molecule has 1 atom stereocenters. The Hall–Kier alpha value is -2.06. The number of amides is 1. The van der Waals surface area contributed by atoms with Crippen LogP contribution < -0.4 is 14.8 Å². The summed E-state index contributed by atoms with van der Waals surface area (Å²) >= 11 is 3.30. The van der Waals surface area contributed by atoms with Crippen LogP contribution in [-0.4, -0.2) is 20.4 Å². The fraction of sp³-hybridized carbons (Fsp3) is 0.350. The van der Waals surface area contributed by atoms with Crippen molar-refractivity contribution in [3.05, 3.63) is 46.4 Å². The lowest BCUT2D eigenvalue weighted by Gasteiger charge is -2.27. The second-order valence-electron chi connectivity index (χ2n) is 7.16. The predicted molar refractivity (Wildman–Crippen MR) is 113 cm³/mol. The Labute approximate surface area is 173 Å². The molecule has 1 heterocycles. The van der Waals surface area contributed by atoms with E-state index in [1.807, 2.05) is 32.9 Å². The SMILES string of the molecule is CCc1ccc(NS(=O)(=O)c2cc3c(cc2Br)NC(=O)C(CC(C)C)O3)cc1. The first-order valence-corrected chi connectivity index (χ1v) is 11.4. The van der Waals surface area contributed by atoms with Crippen LogP contribution in [0.1, 0.15) is 32.8 Å². The van der Waals surface area contributed by atoms with E-state index in [0.717, 1.165) is 12.0 Å². The highest BCUT2D eigenvalue weighted by atomic mass is 79.9. The first-order chi connectivity index (χ1) is 13.2. The van der Waals surface area contributed by atoms with E-state index >= 15 is 0 Å². The first-order valence-electron chi connectivity index (χ1n) is 9.12. The molecule has 8 heteroatoms. The molecule has 0 spiro atoms. The summed E-state index contributed by atoms with van der Waals surface area (Å²) in [6.07, 6.45) is 0.786. The highest BCUT2D eigenvalue weighted by molar-refractivity contribution is 9.10. The van der Waals surface area contributed by atoms with Crippen molar-refractivity contribution in [3.63, 3.8) is 0 Å². The average Bonchev–Trinajstić information content (AvgIpc) is 2.62. The van der Waals surface area contributed by atoms with Crippen molar-refractivity contribution in [2.75, 3.05) is 10.0 Å². The van der Waals surface area contributed by atoms with Gasteiger partial charge < -0.3 is 10.1 Å². The zero-order valence-electron chi connectivity index (χ0n) is 16.0. The van der Waals surface area contributed by atoms with Crippen molar-refractivity contribution in [2.45, 2.75) is 44.6 Å². The third-order valence-corrected chi connectivity index (χ3v) is 6.78. The van der Waals surface area contributed by atoms with E-state index in [1.54, 1.807) is 18.2 Å². The molecule has 1 amide bonds. The molecule has 150 valence electrons. The van der Waals surface area contributed by atoms with Gasteiger partial charge in [0.1, 0.15) is 10.6 Å². The summed E-state index contributed by atoms with van der Waals surface area (Å²) < 4.78 is 34.5. The van der Waals surface area contributed by atoms with Crippen LogP contribution in [0.2, 0.25) is 0 Å². The molecule has 0 bridgehead atoms. The highest BCUT2D eigenvalue weighted by Gasteiger charge is 2.31. The van der Waals surface area contributed by atoms with E-state index in [4.69, 9.17) is 4.74 Å². The maximum atomic E-state index is 12.9. The van der Waals surface area contributed by atoms with Crippen LogP contribution >= 0.6 is 15.9 Å². The summed E-state index contributed by atoms with van der Waals surface area (Å²) in [6.45, 7) is 6.03. The fourth-order valence-corrected chi connectivity index (χ4v) is 5.07. The Balaban J connectivity index is 1.90. The normalized spacial score (nSPS) is 16.3. The molecule has 3 rings (SSSR count). The van der Waals surface area contributed by atoms with E-state index in [9.17, 15) is 13.2 Å². The summed E-state index contributed by atoms with van der Waals surface area (Å²) in [7, 11) is -3.84. The molecule has 2 aromatic carbocycles. The zero-order chi connectivity index (χ0) is 20.5. The molecule has 2 aromatic rings. The molecule has 1 unspecified atom stereocenters. The number of rotatable bonds is 6. The minimum Gasteiger partial charge on any atom is -0.478 e. The second-order valence-corrected chi connectivity index (χ2v) is 9.67. The van der Waals surface area contributed by atoms with Crippen LogP contribution in [0.4, 0.5) is 11.4 Å². The van der Waals surface area contributed by atoms with Crippen LogP contribution in [-0.2, 0) is 21.2 Å². The van der Waals surface area contributed by atoms with Gasteiger partial charge in [-0.2, -0.15) is 0 Å². The van der Waals surface area contributed by atoms with Gasteiger partial charge in [-0.25, -0.2) is 8.42 Å². The molecular weight excluding hydrogens is 444 g/mol. The minimum atomic E-state index is -3.84. The van der Waals surface area contributed by atoms with Gasteiger partial charge in [-0.05, 0) is 58.5 Å². The lowest BCUT2D eigenvalue weighted by molar-refractivity contribution is -0.124. The predicted octanol–water partition coefficient (Wildman–Crippen LogP) is 4.56. The van der Waals surface area contributed by atoms with Crippen molar-refractivity contribution >= 4 is 43.2 Å². The Kier molecular flexibility index (Phi) is 6.00. The zero-order valence-corrected chi connectivity index (χ0v) is 18.4. The number of carbonyl (C=O) groups excluding carboxylic acids is 1. The molecule has 0 radical (unpaired) electrons. The summed E-state index contributed by atoms with van der Waals surface area (Å²) in [5.41, 5.74) is 2.05. The number of ether oxygens (including phenoxy) is 1. The Morgan fingerprint density at radius 3 is 2.50 bits per heavy atom. The van der Waals surface area contributed by atoms with E-state index < -0.39 is 16.1 Å². The van der Waals surface area contributed by atoms with Crippen molar-refractivity contribution in [2.24, 2.45) is 5.92 Å². The van der Waals surface area contributed by atoms with Gasteiger partial charge in [-0.3, -0.25) is 9.52 Å². The third kappa shape index (κ3) is 4.50. The molecule has 1 aliphatic heterocycles. The fourth-order valence-electron chi connectivity index (χ4n) is 2.96. The maximum absolute atomic E-state index is 12.9. The molecule has 2 N–H and O–H groups in total. The molecule has 0 saturated carbocycles. The largest absolute Gasteiger partial charge is 0.478 e. The number of sulfonamides is 1. The second kappa shape index (κ2) is 8.13. The Morgan fingerprint density at radius 2 is 1.89 bits per heavy atom. The Bertz CT molecular complexity index is 988. The summed E-state index contributed by atoms with van der Waals surface area (Å²) in [4.78, 5) is 12.2. The molecule has 6 nitrogen and oxygen atoms in total. The van der Waals surface area contributed by atoms with Gasteiger partial charge in [0.2, 0.25) is 0 Å². The molecule has 1 aliphatic rings. The van der Waals surface area contributed by atoms with Crippen LogP contribution in [0.25, 0.3) is 0 Å². The monoisotopic (exact) mass is 466 g/mol. The minimum absolute atomic E-state index is 0.0465. The van der Waals surface area contributed by atoms with Gasteiger partial charge in [-0.1, -0.05) is 32.9 Å². The van der Waals surface area contributed by atoms with E-state index in [0.29, 0.717) is 28.0 Å². The van der Waals surface area contributed by atoms with Crippen LogP contribution in [0, 0.1) is 5.92 Å². The molecule has 0 saturated heterocycles. The lowest BCUT2D eigenvalue weighted by atomic mass is 10.0. The van der Waals surface area contributed by atoms with Gasteiger partial charge in [0.05, 0.1) is 5.69 Å². The molecule has 0 aromatic heterocycles. The number of halogens is 1. The van der Waals surface area contributed by atoms with E-state index in [-0.39, 0.29) is 16.7 Å². The number of benzene rings is 2. The smallest absolute Gasteiger partial charge is 0.265 e. The van der Waals surface area contributed by atoms with Crippen molar-refractivity contribution in [1.29, 1.82) is 0 Å². The summed E-state index contributed by atoms with van der Waals surface area (Å²) in [5.74, 6) is 0.386. The summed E-state index contributed by atoms with van der Waals surface area (Å²) in [6, 6.07) is 10.2. The summed E-state index contributed by atoms with van der Waals surface area (Å²) in [5, 5.41) is 2.79.